The first-order chi connectivity index (χ1) is 32.4. The zero-order valence-electron chi connectivity index (χ0n) is 38.7. The van der Waals surface area contributed by atoms with Crippen LogP contribution in [0, 0.1) is 0 Å². The Morgan fingerprint density at radius 2 is 0.716 bits per heavy atom. The van der Waals surface area contributed by atoms with Crippen LogP contribution in [0.3, 0.4) is 0 Å². The molecule has 0 N–H and O–H groups in total. The van der Waals surface area contributed by atoms with Gasteiger partial charge in [-0.25, -0.2) is 0 Å². The van der Waals surface area contributed by atoms with Crippen LogP contribution in [0.4, 0.5) is 17.1 Å². The molecule has 3 heteroatoms. The van der Waals surface area contributed by atoms with Crippen molar-refractivity contribution in [2.75, 3.05) is 4.90 Å². The first-order valence-corrected chi connectivity index (χ1v) is 23.5. The number of para-hydroxylation sites is 4. The molecule has 0 radical (unpaired) electrons. The molecule has 0 saturated carbocycles. The molecule has 0 fully saturated rings. The van der Waals surface area contributed by atoms with Crippen molar-refractivity contribution in [2.45, 2.75) is 52.4 Å². The van der Waals surface area contributed by atoms with Gasteiger partial charge in [-0.2, -0.15) is 0 Å². The van der Waals surface area contributed by atoms with Crippen LogP contribution >= 0.6 is 0 Å². The SMILES string of the molecule is CC(C)(C)c1ccc(-c2cc3cc4c(cc3cc2-c2ccc(C(C)(C)C)cc2)-c2cc3cc(N(c5cccc6c5oc5ccccc56)c5cccc6c5oc5ccccc56)ccc3cc2-4)cc1. The maximum Gasteiger partial charge on any atom is 0.159 e. The Bertz CT molecular complexity index is 3870. The van der Waals surface area contributed by atoms with Crippen molar-refractivity contribution in [3.05, 3.63) is 199 Å². The lowest BCUT2D eigenvalue weighted by Crippen LogP contribution is -2.10. The van der Waals surface area contributed by atoms with E-state index in [-0.39, 0.29) is 10.8 Å². The highest BCUT2D eigenvalue weighted by atomic mass is 16.3. The van der Waals surface area contributed by atoms with Crippen molar-refractivity contribution in [1.29, 1.82) is 0 Å². The van der Waals surface area contributed by atoms with Gasteiger partial charge in [0.2, 0.25) is 0 Å². The van der Waals surface area contributed by atoms with Crippen LogP contribution in [-0.2, 0) is 10.8 Å². The molecule has 0 spiro atoms. The van der Waals surface area contributed by atoms with E-state index in [9.17, 15) is 0 Å². The van der Waals surface area contributed by atoms with E-state index < -0.39 is 0 Å². The topological polar surface area (TPSA) is 29.5 Å². The Kier molecular flexibility index (Phi) is 8.43. The van der Waals surface area contributed by atoms with Gasteiger partial charge in [-0.3, -0.25) is 0 Å². The summed E-state index contributed by atoms with van der Waals surface area (Å²) in [6, 6.07) is 69.2. The van der Waals surface area contributed by atoms with E-state index in [0.29, 0.717) is 0 Å². The van der Waals surface area contributed by atoms with Crippen LogP contribution in [0.15, 0.2) is 197 Å². The summed E-state index contributed by atoms with van der Waals surface area (Å²) >= 11 is 0. The van der Waals surface area contributed by atoms with Crippen molar-refractivity contribution in [3.63, 3.8) is 0 Å². The highest BCUT2D eigenvalue weighted by molar-refractivity contribution is 6.16. The molecule has 0 aliphatic heterocycles. The molecule has 2 heterocycles. The zero-order valence-corrected chi connectivity index (χ0v) is 38.7. The lowest BCUT2D eigenvalue weighted by Gasteiger charge is -2.28. The summed E-state index contributed by atoms with van der Waals surface area (Å²) in [5.74, 6) is 0. The first kappa shape index (κ1) is 39.5. The Morgan fingerprint density at radius 3 is 1.16 bits per heavy atom. The van der Waals surface area contributed by atoms with Crippen LogP contribution in [0.2, 0.25) is 0 Å². The number of hydrogen-bond donors (Lipinski definition) is 0. The summed E-state index contributed by atoms with van der Waals surface area (Å²) in [5.41, 5.74) is 19.3. The predicted molar refractivity (Wildman–Crippen MR) is 283 cm³/mol. The second kappa shape index (κ2) is 14.3. The van der Waals surface area contributed by atoms with E-state index >= 15 is 0 Å². The zero-order chi connectivity index (χ0) is 45.3. The standard InChI is InChI=1S/C64H49NO2/c1-63(2,3)44-26-21-38(22-27-44)51-33-42-36-55-53-32-40-25-30-46(31-41(40)35-54(53)56(55)37-43(42)34-52(51)39-23-28-45(29-24-39)64(4,5)6)65(57-17-11-15-49-47-13-7-9-19-59(47)66-61(49)57)58-18-12-16-50-48-14-8-10-20-60(48)67-62(50)58/h7-37H,1-6H3. The molecule has 1 aliphatic carbocycles. The van der Waals surface area contributed by atoms with Crippen LogP contribution in [0.25, 0.3) is 110 Å². The summed E-state index contributed by atoms with van der Waals surface area (Å²) in [7, 11) is 0. The second-order valence-electron chi connectivity index (χ2n) is 20.6. The Hall–Kier alpha value is -7.88. The minimum atomic E-state index is 0.0810. The molecule has 10 aromatic carbocycles. The fourth-order valence-corrected chi connectivity index (χ4v) is 10.6. The molecule has 1 aliphatic rings. The molecule has 0 unspecified atom stereocenters. The maximum absolute atomic E-state index is 6.72. The summed E-state index contributed by atoms with van der Waals surface area (Å²) < 4.78 is 13.4. The quantitative estimate of drug-likeness (QED) is 0.173. The van der Waals surface area contributed by atoms with E-state index in [1.165, 1.54) is 77.2 Å². The average Bonchev–Trinajstić information content (AvgIpc) is 3.92. The van der Waals surface area contributed by atoms with Gasteiger partial charge < -0.3 is 13.7 Å². The summed E-state index contributed by atoms with van der Waals surface area (Å²) in [4.78, 5) is 2.32. The molecule has 13 rings (SSSR count). The van der Waals surface area contributed by atoms with E-state index in [2.05, 4.69) is 210 Å². The van der Waals surface area contributed by atoms with Crippen molar-refractivity contribution >= 4 is 82.5 Å². The van der Waals surface area contributed by atoms with E-state index in [1.54, 1.807) is 0 Å². The maximum atomic E-state index is 6.72. The third kappa shape index (κ3) is 6.25. The van der Waals surface area contributed by atoms with Crippen LogP contribution in [-0.4, -0.2) is 0 Å². The number of benzene rings is 10. The van der Waals surface area contributed by atoms with Gasteiger partial charge in [0.05, 0.1) is 11.4 Å². The lowest BCUT2D eigenvalue weighted by molar-refractivity contribution is 0.590. The Balaban J connectivity index is 0.962. The van der Waals surface area contributed by atoms with Crippen molar-refractivity contribution < 1.29 is 8.83 Å². The fourth-order valence-electron chi connectivity index (χ4n) is 10.6. The fraction of sp³-hybridized carbons (Fsp3) is 0.125. The molecular formula is C64H49NO2. The van der Waals surface area contributed by atoms with E-state index in [1.807, 2.05) is 24.3 Å². The van der Waals surface area contributed by atoms with Crippen LogP contribution < -0.4 is 4.90 Å². The predicted octanol–water partition coefficient (Wildman–Crippen LogP) is 18.8. The van der Waals surface area contributed by atoms with E-state index in [4.69, 9.17) is 8.83 Å². The first-order valence-electron chi connectivity index (χ1n) is 23.5. The summed E-state index contributed by atoms with van der Waals surface area (Å²) in [6.45, 7) is 13.7. The largest absolute Gasteiger partial charge is 0.454 e. The summed E-state index contributed by atoms with van der Waals surface area (Å²) in [5, 5.41) is 9.23. The normalized spacial score (nSPS) is 12.6. The minimum absolute atomic E-state index is 0.0810. The van der Waals surface area contributed by atoms with Gasteiger partial charge in [-0.15, -0.1) is 0 Å². The number of anilines is 3. The minimum Gasteiger partial charge on any atom is -0.454 e. The molecule has 12 aromatic rings. The van der Waals surface area contributed by atoms with Gasteiger partial charge in [-0.1, -0.05) is 157 Å². The molecule has 0 bridgehead atoms. The number of furan rings is 2. The monoisotopic (exact) mass is 863 g/mol. The average molecular weight is 864 g/mol. The molecule has 0 saturated heterocycles. The molecule has 67 heavy (non-hydrogen) atoms. The number of fused-ring (bicyclic) bond motifs is 12. The third-order valence-corrected chi connectivity index (χ3v) is 14.3. The number of hydrogen-bond acceptors (Lipinski definition) is 3. The van der Waals surface area contributed by atoms with Gasteiger partial charge in [-0.05, 0) is 161 Å². The number of rotatable bonds is 5. The molecule has 0 amide bonds. The van der Waals surface area contributed by atoms with Crippen LogP contribution in [0.1, 0.15) is 52.7 Å². The molecule has 2 aromatic heterocycles. The van der Waals surface area contributed by atoms with Gasteiger partial charge >= 0.3 is 0 Å². The number of nitrogens with zero attached hydrogens (tertiary/aromatic N) is 1. The third-order valence-electron chi connectivity index (χ3n) is 14.3. The van der Waals surface area contributed by atoms with Gasteiger partial charge in [0, 0.05) is 27.2 Å². The van der Waals surface area contributed by atoms with E-state index in [0.717, 1.165) is 60.9 Å². The molecule has 3 nitrogen and oxygen atoms in total. The van der Waals surface area contributed by atoms with Gasteiger partial charge in [0.25, 0.3) is 0 Å². The smallest absolute Gasteiger partial charge is 0.159 e. The lowest BCUT2D eigenvalue weighted by atomic mass is 9.77. The molecule has 0 atom stereocenters. The summed E-state index contributed by atoms with van der Waals surface area (Å²) in [6.07, 6.45) is 0. The highest BCUT2D eigenvalue weighted by Gasteiger charge is 2.27. The highest BCUT2D eigenvalue weighted by Crippen LogP contribution is 2.53. The van der Waals surface area contributed by atoms with Crippen molar-refractivity contribution in [2.24, 2.45) is 0 Å². The second-order valence-corrected chi connectivity index (χ2v) is 20.6. The van der Waals surface area contributed by atoms with Crippen molar-refractivity contribution in [3.8, 4) is 44.5 Å². The van der Waals surface area contributed by atoms with Gasteiger partial charge in [0.1, 0.15) is 11.2 Å². The van der Waals surface area contributed by atoms with Crippen molar-refractivity contribution in [1.82, 2.24) is 0 Å². The molecular weight excluding hydrogens is 815 g/mol. The molecule has 322 valence electrons. The van der Waals surface area contributed by atoms with Crippen LogP contribution in [0.5, 0.6) is 0 Å². The Labute approximate surface area is 390 Å². The Morgan fingerprint density at radius 1 is 0.328 bits per heavy atom. The van der Waals surface area contributed by atoms with Gasteiger partial charge in [0.15, 0.2) is 11.2 Å².